The predicted molar refractivity (Wildman–Crippen MR) is 92.2 cm³/mol. The molecule has 0 atom stereocenters. The van der Waals surface area contributed by atoms with Gasteiger partial charge in [0.25, 0.3) is 0 Å². The maximum absolute atomic E-state index is 9.14. The summed E-state index contributed by atoms with van der Waals surface area (Å²) in [4.78, 5) is 11.0. The molecule has 0 saturated carbocycles. The van der Waals surface area contributed by atoms with Crippen molar-refractivity contribution in [1.29, 1.82) is 5.26 Å². The third kappa shape index (κ3) is 4.41. The molecule has 0 bridgehead atoms. The van der Waals surface area contributed by atoms with Gasteiger partial charge in [0.05, 0.1) is 24.5 Å². The van der Waals surface area contributed by atoms with Crippen LogP contribution in [0.1, 0.15) is 5.56 Å². The smallest absolute Gasteiger partial charge is 0.224 e. The summed E-state index contributed by atoms with van der Waals surface area (Å²) < 4.78 is 5.34. The quantitative estimate of drug-likeness (QED) is 0.838. The van der Waals surface area contributed by atoms with Gasteiger partial charge in [0.15, 0.2) is 0 Å². The van der Waals surface area contributed by atoms with Gasteiger partial charge in [-0.3, -0.25) is 4.90 Å². The summed E-state index contributed by atoms with van der Waals surface area (Å²) in [7, 11) is 0. The van der Waals surface area contributed by atoms with E-state index in [-0.39, 0.29) is 0 Å². The number of benzene rings is 1. The van der Waals surface area contributed by atoms with Crippen molar-refractivity contribution in [3.05, 3.63) is 42.1 Å². The molecule has 1 aliphatic rings. The number of aromatic nitrogens is 2. The van der Waals surface area contributed by atoms with Crippen LogP contribution in [0.3, 0.4) is 0 Å². The zero-order valence-electron chi connectivity index (χ0n) is 13.4. The predicted octanol–water partition coefficient (Wildman–Crippen LogP) is 1.84. The maximum Gasteiger partial charge on any atom is 0.224 e. The first kappa shape index (κ1) is 16.2. The largest absolute Gasteiger partial charge is 0.379 e. The Balaban J connectivity index is 1.56. The highest BCUT2D eigenvalue weighted by molar-refractivity contribution is 5.64. The minimum absolute atomic E-state index is 0.572. The lowest BCUT2D eigenvalue weighted by molar-refractivity contribution is 0.0398. The number of nitrogens with one attached hydrogen (secondary N) is 2. The van der Waals surface area contributed by atoms with Gasteiger partial charge in [-0.05, 0) is 18.2 Å². The number of rotatable bonds is 6. The summed E-state index contributed by atoms with van der Waals surface area (Å²) in [6.07, 6.45) is 1.70. The molecule has 0 aliphatic carbocycles. The Morgan fingerprint density at radius 3 is 2.88 bits per heavy atom. The van der Waals surface area contributed by atoms with Gasteiger partial charge in [0, 0.05) is 32.4 Å². The molecule has 7 nitrogen and oxygen atoms in total. The van der Waals surface area contributed by atoms with Gasteiger partial charge in [-0.2, -0.15) is 10.2 Å². The van der Waals surface area contributed by atoms with E-state index in [2.05, 4.69) is 31.6 Å². The highest BCUT2D eigenvalue weighted by Crippen LogP contribution is 2.19. The number of hydrogen-bond donors (Lipinski definition) is 2. The van der Waals surface area contributed by atoms with Crippen molar-refractivity contribution in [3.63, 3.8) is 0 Å². The minimum Gasteiger partial charge on any atom is -0.379 e. The van der Waals surface area contributed by atoms with Crippen LogP contribution < -0.4 is 10.6 Å². The van der Waals surface area contributed by atoms with Crippen LogP contribution in [0, 0.1) is 11.3 Å². The van der Waals surface area contributed by atoms with Gasteiger partial charge < -0.3 is 15.4 Å². The fraction of sp³-hybridized carbons (Fsp3) is 0.353. The van der Waals surface area contributed by atoms with Crippen molar-refractivity contribution in [2.75, 3.05) is 50.0 Å². The molecule has 24 heavy (non-hydrogen) atoms. The van der Waals surface area contributed by atoms with E-state index in [1.54, 1.807) is 18.3 Å². The van der Waals surface area contributed by atoms with Crippen LogP contribution in [0.25, 0.3) is 0 Å². The summed E-state index contributed by atoms with van der Waals surface area (Å²) >= 11 is 0. The van der Waals surface area contributed by atoms with Crippen molar-refractivity contribution in [2.45, 2.75) is 0 Å². The lowest BCUT2D eigenvalue weighted by Crippen LogP contribution is -2.39. The topological polar surface area (TPSA) is 86.1 Å². The van der Waals surface area contributed by atoms with E-state index in [1.165, 1.54) is 0 Å². The molecule has 3 rings (SSSR count). The summed E-state index contributed by atoms with van der Waals surface area (Å²) in [6.45, 7) is 5.24. The minimum atomic E-state index is 0.572. The van der Waals surface area contributed by atoms with Crippen LogP contribution >= 0.6 is 0 Å². The first-order valence-corrected chi connectivity index (χ1v) is 7.98. The molecule has 1 saturated heterocycles. The molecule has 7 heteroatoms. The second-order valence-corrected chi connectivity index (χ2v) is 5.43. The van der Waals surface area contributed by atoms with Gasteiger partial charge in [0.1, 0.15) is 11.9 Å². The Kier molecular flexibility index (Phi) is 5.56. The van der Waals surface area contributed by atoms with Crippen LogP contribution in [0.4, 0.5) is 17.5 Å². The van der Waals surface area contributed by atoms with Gasteiger partial charge >= 0.3 is 0 Å². The second-order valence-electron chi connectivity index (χ2n) is 5.43. The van der Waals surface area contributed by atoms with Gasteiger partial charge in [0.2, 0.25) is 5.95 Å². The molecule has 1 fully saturated rings. The average Bonchev–Trinajstić information content (AvgIpc) is 2.63. The number of hydrogen-bond acceptors (Lipinski definition) is 7. The van der Waals surface area contributed by atoms with Crippen LogP contribution in [-0.4, -0.2) is 54.3 Å². The standard InChI is InChI=1S/C17H20N6O/c18-13-14-3-1-2-4-15(14)21-16-5-6-19-17(22-16)20-7-8-23-9-11-24-12-10-23/h1-6H,7-12H2,(H2,19,20,21,22). The summed E-state index contributed by atoms with van der Waals surface area (Å²) in [5.41, 5.74) is 1.32. The molecule has 0 spiro atoms. The van der Waals surface area contributed by atoms with E-state index < -0.39 is 0 Å². The Morgan fingerprint density at radius 1 is 1.21 bits per heavy atom. The number of nitrogens with zero attached hydrogens (tertiary/aromatic N) is 4. The first-order valence-electron chi connectivity index (χ1n) is 7.98. The number of para-hydroxylation sites is 1. The van der Waals surface area contributed by atoms with Crippen LogP contribution in [-0.2, 0) is 4.74 Å². The van der Waals surface area contributed by atoms with Gasteiger partial charge in [-0.1, -0.05) is 12.1 Å². The fourth-order valence-corrected chi connectivity index (χ4v) is 2.49. The Morgan fingerprint density at radius 2 is 2.04 bits per heavy atom. The van der Waals surface area contributed by atoms with Crippen molar-refractivity contribution < 1.29 is 4.74 Å². The van der Waals surface area contributed by atoms with Crippen LogP contribution in [0.2, 0.25) is 0 Å². The number of nitriles is 1. The monoisotopic (exact) mass is 324 g/mol. The zero-order chi connectivity index (χ0) is 16.6. The molecule has 0 amide bonds. The molecule has 2 aromatic rings. The number of morpholine rings is 1. The Hall–Kier alpha value is -2.69. The second kappa shape index (κ2) is 8.24. The summed E-state index contributed by atoms with van der Waals surface area (Å²) in [6, 6.07) is 11.3. The van der Waals surface area contributed by atoms with E-state index in [1.807, 2.05) is 18.2 Å². The van der Waals surface area contributed by atoms with Crippen molar-refractivity contribution >= 4 is 17.5 Å². The Labute approximate surface area is 141 Å². The lowest BCUT2D eigenvalue weighted by Gasteiger charge is -2.26. The zero-order valence-corrected chi connectivity index (χ0v) is 13.4. The lowest BCUT2D eigenvalue weighted by atomic mass is 10.2. The van der Waals surface area contributed by atoms with Crippen molar-refractivity contribution in [2.24, 2.45) is 0 Å². The van der Waals surface area contributed by atoms with Crippen molar-refractivity contribution in [1.82, 2.24) is 14.9 Å². The molecule has 1 aliphatic heterocycles. The van der Waals surface area contributed by atoms with E-state index in [4.69, 9.17) is 10.00 Å². The van der Waals surface area contributed by atoms with E-state index in [0.717, 1.165) is 45.1 Å². The third-order valence-corrected chi connectivity index (χ3v) is 3.78. The molecule has 1 aromatic heterocycles. The Bertz CT molecular complexity index is 708. The van der Waals surface area contributed by atoms with Crippen LogP contribution in [0.15, 0.2) is 36.5 Å². The molecule has 0 radical (unpaired) electrons. The molecule has 2 heterocycles. The fourth-order valence-electron chi connectivity index (χ4n) is 2.49. The van der Waals surface area contributed by atoms with Gasteiger partial charge in [-0.15, -0.1) is 0 Å². The highest BCUT2D eigenvalue weighted by atomic mass is 16.5. The maximum atomic E-state index is 9.14. The van der Waals surface area contributed by atoms with Crippen LogP contribution in [0.5, 0.6) is 0 Å². The molecular formula is C17H20N6O. The van der Waals surface area contributed by atoms with Gasteiger partial charge in [-0.25, -0.2) is 4.98 Å². The molecular weight excluding hydrogens is 304 g/mol. The number of ether oxygens (including phenoxy) is 1. The molecule has 2 N–H and O–H groups in total. The summed E-state index contributed by atoms with van der Waals surface area (Å²) in [5, 5.41) is 15.5. The van der Waals surface area contributed by atoms with E-state index >= 15 is 0 Å². The third-order valence-electron chi connectivity index (χ3n) is 3.78. The van der Waals surface area contributed by atoms with Crippen molar-refractivity contribution in [3.8, 4) is 6.07 Å². The molecule has 1 aromatic carbocycles. The normalized spacial score (nSPS) is 14.8. The SMILES string of the molecule is N#Cc1ccccc1Nc1ccnc(NCCN2CCOCC2)n1. The average molecular weight is 324 g/mol. The highest BCUT2D eigenvalue weighted by Gasteiger charge is 2.09. The van der Waals surface area contributed by atoms with E-state index in [0.29, 0.717) is 17.3 Å². The summed E-state index contributed by atoms with van der Waals surface area (Å²) in [5.74, 6) is 1.23. The molecule has 0 unspecified atom stereocenters. The molecule has 124 valence electrons. The number of anilines is 3. The first-order chi connectivity index (χ1) is 11.8. The van der Waals surface area contributed by atoms with E-state index in [9.17, 15) is 0 Å².